The van der Waals surface area contributed by atoms with Gasteiger partial charge in [0.15, 0.2) is 5.78 Å². The molecule has 2 aliphatic heterocycles. The Morgan fingerprint density at radius 3 is 2.50 bits per heavy atom. The fourth-order valence-corrected chi connectivity index (χ4v) is 4.57. The first kappa shape index (κ1) is 13.0. The van der Waals surface area contributed by atoms with Crippen molar-refractivity contribution in [2.45, 2.75) is 36.9 Å². The number of fused-ring (bicyclic) bond motifs is 1. The topological polar surface area (TPSA) is 74.7 Å². The van der Waals surface area contributed by atoms with E-state index in [1.54, 1.807) is 13.8 Å². The smallest absolute Gasteiger partial charge is 0.327 e. The van der Waals surface area contributed by atoms with E-state index in [0.29, 0.717) is 5.57 Å². The lowest BCUT2D eigenvalue weighted by Crippen LogP contribution is -2.58. The SMILES string of the molecule is C=S1[C@@H]2C(=CC(C)=O)C(=O)N2[C@@H](C(=O)O)C1(C)C. The van der Waals surface area contributed by atoms with E-state index in [1.165, 1.54) is 17.9 Å². The molecular formula is C12H15NO4S. The van der Waals surface area contributed by atoms with E-state index in [9.17, 15) is 19.5 Å². The molecule has 2 rings (SSSR count). The molecule has 2 fully saturated rings. The lowest BCUT2D eigenvalue weighted by atomic mass is 9.95. The molecule has 3 atom stereocenters. The van der Waals surface area contributed by atoms with Crippen molar-refractivity contribution < 1.29 is 19.5 Å². The summed E-state index contributed by atoms with van der Waals surface area (Å²) in [4.78, 5) is 35.7. The Kier molecular flexibility index (Phi) is 2.73. The second-order valence-corrected chi connectivity index (χ2v) is 7.40. The third kappa shape index (κ3) is 1.48. The van der Waals surface area contributed by atoms with Crippen LogP contribution in [-0.4, -0.2) is 49.7 Å². The molecular weight excluding hydrogens is 254 g/mol. The van der Waals surface area contributed by atoms with Gasteiger partial charge < -0.3 is 10.0 Å². The van der Waals surface area contributed by atoms with Gasteiger partial charge in [-0.05, 0) is 26.8 Å². The highest BCUT2D eigenvalue weighted by atomic mass is 32.2. The number of β-lactam (4-membered cyclic amide) rings is 1. The first-order valence-corrected chi connectivity index (χ1v) is 6.95. The summed E-state index contributed by atoms with van der Waals surface area (Å²) in [5.74, 6) is 2.45. The molecule has 0 aliphatic carbocycles. The zero-order chi connectivity index (χ0) is 13.8. The lowest BCUT2D eigenvalue weighted by Gasteiger charge is -2.39. The monoisotopic (exact) mass is 269 g/mol. The van der Waals surface area contributed by atoms with E-state index < -0.39 is 27.2 Å². The highest BCUT2D eigenvalue weighted by Crippen LogP contribution is 2.56. The summed E-state index contributed by atoms with van der Waals surface area (Å²) in [6.45, 7) is 4.98. The van der Waals surface area contributed by atoms with Crippen LogP contribution >= 0.6 is 10.5 Å². The molecule has 1 amide bonds. The van der Waals surface area contributed by atoms with E-state index in [-0.39, 0.29) is 17.1 Å². The summed E-state index contributed by atoms with van der Waals surface area (Å²) >= 11 is 0. The largest absolute Gasteiger partial charge is 0.480 e. The third-order valence-electron chi connectivity index (χ3n) is 3.47. The summed E-state index contributed by atoms with van der Waals surface area (Å²) < 4.78 is -0.585. The maximum Gasteiger partial charge on any atom is 0.327 e. The Balaban J connectivity index is 2.47. The molecule has 0 radical (unpaired) electrons. The first-order valence-electron chi connectivity index (χ1n) is 5.50. The lowest BCUT2D eigenvalue weighted by molar-refractivity contribution is -0.152. The van der Waals surface area contributed by atoms with Crippen molar-refractivity contribution in [3.8, 4) is 0 Å². The van der Waals surface area contributed by atoms with Crippen LogP contribution in [0.4, 0.5) is 0 Å². The minimum absolute atomic E-state index is 0.202. The standard InChI is InChI=1S/C12H15NO4S/c1-6(14)5-7-9(15)13-8(11(16)17)12(2,3)18(4)10(7)13/h5,8,10H,4H2,1-3H3,(H,16,17)/t8-,10+,18?/m0/s1. The van der Waals surface area contributed by atoms with Crippen LogP contribution in [-0.2, 0) is 14.4 Å². The molecule has 2 heterocycles. The number of carboxylic acid groups (broad SMARTS) is 1. The van der Waals surface area contributed by atoms with E-state index in [2.05, 4.69) is 5.87 Å². The van der Waals surface area contributed by atoms with Crippen LogP contribution in [0, 0.1) is 0 Å². The van der Waals surface area contributed by atoms with Crippen molar-refractivity contribution >= 4 is 34.0 Å². The molecule has 0 aromatic heterocycles. The van der Waals surface area contributed by atoms with Gasteiger partial charge in [0.2, 0.25) is 0 Å². The summed E-state index contributed by atoms with van der Waals surface area (Å²) in [6.07, 6.45) is 1.30. The number of allylic oxidation sites excluding steroid dienone is 1. The van der Waals surface area contributed by atoms with Gasteiger partial charge in [-0.1, -0.05) is 5.87 Å². The third-order valence-corrected chi connectivity index (χ3v) is 6.07. The number of carbonyl (C=O) groups excluding carboxylic acids is 2. The number of aliphatic carboxylic acids is 1. The molecule has 0 aromatic carbocycles. The van der Waals surface area contributed by atoms with Crippen LogP contribution in [0.2, 0.25) is 0 Å². The van der Waals surface area contributed by atoms with Gasteiger partial charge >= 0.3 is 5.97 Å². The molecule has 0 spiro atoms. The number of carbonyl (C=O) groups is 3. The van der Waals surface area contributed by atoms with Crippen LogP contribution in [0.15, 0.2) is 11.6 Å². The van der Waals surface area contributed by atoms with Crippen LogP contribution in [0.25, 0.3) is 0 Å². The van der Waals surface area contributed by atoms with Gasteiger partial charge in [0.05, 0.1) is 5.57 Å². The summed E-state index contributed by atoms with van der Waals surface area (Å²) in [5, 5.41) is 8.95. The number of hydrogen-bond donors (Lipinski definition) is 1. The second-order valence-electron chi connectivity index (χ2n) is 5.05. The fraction of sp³-hybridized carbons (Fsp3) is 0.500. The number of amides is 1. The zero-order valence-electron chi connectivity index (χ0n) is 10.5. The maximum atomic E-state index is 11.9. The molecule has 5 nitrogen and oxygen atoms in total. The Hall–Kier alpha value is -1.43. The highest BCUT2D eigenvalue weighted by Gasteiger charge is 2.62. The Morgan fingerprint density at radius 2 is 2.06 bits per heavy atom. The van der Waals surface area contributed by atoms with Crippen LogP contribution < -0.4 is 0 Å². The molecule has 6 heteroatoms. The Bertz CT molecular complexity index is 520. The predicted octanol–water partition coefficient (Wildman–Crippen LogP) is 0.616. The average molecular weight is 269 g/mol. The average Bonchev–Trinajstić information content (AvgIpc) is 2.42. The molecule has 2 saturated heterocycles. The van der Waals surface area contributed by atoms with Crippen molar-refractivity contribution in [1.29, 1.82) is 0 Å². The molecule has 1 N–H and O–H groups in total. The number of nitrogens with zero attached hydrogens (tertiary/aromatic N) is 1. The number of ketones is 1. The highest BCUT2D eigenvalue weighted by molar-refractivity contribution is 8.16. The van der Waals surface area contributed by atoms with Crippen LogP contribution in [0.1, 0.15) is 20.8 Å². The number of carboxylic acids is 1. The maximum absolute atomic E-state index is 11.9. The second kappa shape index (κ2) is 3.78. The summed E-state index contributed by atoms with van der Waals surface area (Å²) in [5.41, 5.74) is 0.401. The summed E-state index contributed by atoms with van der Waals surface area (Å²) in [6, 6.07) is -0.861. The summed E-state index contributed by atoms with van der Waals surface area (Å²) in [7, 11) is -0.535. The van der Waals surface area contributed by atoms with Crippen molar-refractivity contribution in [3.63, 3.8) is 0 Å². The minimum Gasteiger partial charge on any atom is -0.480 e. The van der Waals surface area contributed by atoms with Gasteiger partial charge in [0.1, 0.15) is 11.4 Å². The zero-order valence-corrected chi connectivity index (χ0v) is 11.3. The number of hydrogen-bond acceptors (Lipinski definition) is 3. The van der Waals surface area contributed by atoms with Gasteiger partial charge in [-0.25, -0.2) is 4.79 Å². The van der Waals surface area contributed by atoms with Gasteiger partial charge in [0, 0.05) is 4.75 Å². The van der Waals surface area contributed by atoms with Crippen molar-refractivity contribution in [1.82, 2.24) is 4.90 Å². The quantitative estimate of drug-likeness (QED) is 0.453. The van der Waals surface area contributed by atoms with E-state index in [4.69, 9.17) is 0 Å². The number of rotatable bonds is 2. The predicted molar refractivity (Wildman–Crippen MR) is 69.6 cm³/mol. The van der Waals surface area contributed by atoms with Crippen molar-refractivity contribution in [2.24, 2.45) is 0 Å². The van der Waals surface area contributed by atoms with E-state index in [1.807, 2.05) is 0 Å². The van der Waals surface area contributed by atoms with Gasteiger partial charge in [-0.3, -0.25) is 9.59 Å². The molecule has 0 saturated carbocycles. The van der Waals surface area contributed by atoms with Crippen LogP contribution in [0.5, 0.6) is 0 Å². The Morgan fingerprint density at radius 1 is 1.50 bits per heavy atom. The van der Waals surface area contributed by atoms with Crippen LogP contribution in [0.3, 0.4) is 0 Å². The molecule has 98 valence electrons. The van der Waals surface area contributed by atoms with E-state index in [0.717, 1.165) is 0 Å². The van der Waals surface area contributed by atoms with E-state index >= 15 is 0 Å². The normalized spacial score (nSPS) is 35.3. The molecule has 1 unspecified atom stereocenters. The van der Waals surface area contributed by atoms with Gasteiger partial charge in [-0.15, -0.1) is 0 Å². The molecule has 0 aromatic rings. The molecule has 18 heavy (non-hydrogen) atoms. The fourth-order valence-electron chi connectivity index (χ4n) is 2.52. The van der Waals surface area contributed by atoms with Crippen molar-refractivity contribution in [3.05, 3.63) is 11.6 Å². The van der Waals surface area contributed by atoms with Gasteiger partial charge in [0.25, 0.3) is 5.91 Å². The molecule has 0 bridgehead atoms. The van der Waals surface area contributed by atoms with Crippen molar-refractivity contribution in [2.75, 3.05) is 0 Å². The Labute approximate surface area is 107 Å². The minimum atomic E-state index is -1.01. The molecule has 2 aliphatic rings. The van der Waals surface area contributed by atoms with Gasteiger partial charge in [-0.2, -0.15) is 10.5 Å². The first-order chi connectivity index (χ1) is 8.19.